The molecule has 29 heavy (non-hydrogen) atoms. The minimum atomic E-state index is -3.77. The van der Waals surface area contributed by atoms with Crippen LogP contribution in [-0.2, 0) is 21.4 Å². The molecule has 0 aliphatic rings. The number of carbonyl (C=O) groups is 1. The van der Waals surface area contributed by atoms with E-state index in [9.17, 15) is 17.6 Å². The fraction of sp³-hybridized carbons (Fsp3) is 0.350. The number of halogens is 1. The molecular weight excluding hydrogens is 399 g/mol. The average molecular weight is 424 g/mol. The van der Waals surface area contributed by atoms with Gasteiger partial charge in [0.2, 0.25) is 15.9 Å². The molecule has 9 heteroatoms. The first kappa shape index (κ1) is 22.5. The Kier molecular flexibility index (Phi) is 7.83. The molecular formula is C20H25FN2O5S. The molecule has 0 spiro atoms. The van der Waals surface area contributed by atoms with Gasteiger partial charge >= 0.3 is 0 Å². The molecule has 0 fully saturated rings. The molecule has 0 aliphatic heterocycles. The number of carbonyl (C=O) groups excluding carboxylic acids is 1. The Morgan fingerprint density at radius 3 is 2.38 bits per heavy atom. The summed E-state index contributed by atoms with van der Waals surface area (Å²) in [5, 5.41) is 2.67. The quantitative estimate of drug-likeness (QED) is 0.634. The molecule has 0 bridgehead atoms. The SMILES string of the molecule is CCOc1ccc(CNC(=O)CN(c2cccc(F)c2)S(C)(=O)=O)cc1OCC. The molecule has 0 heterocycles. The highest BCUT2D eigenvalue weighted by Gasteiger charge is 2.21. The Bertz CT molecular complexity index is 950. The summed E-state index contributed by atoms with van der Waals surface area (Å²) in [6, 6.07) is 10.4. The van der Waals surface area contributed by atoms with Crippen LogP contribution in [0.5, 0.6) is 11.5 Å². The van der Waals surface area contributed by atoms with Crippen molar-refractivity contribution in [1.82, 2.24) is 5.32 Å². The van der Waals surface area contributed by atoms with Gasteiger partial charge in [-0.1, -0.05) is 12.1 Å². The maximum atomic E-state index is 13.5. The molecule has 2 rings (SSSR count). The number of anilines is 1. The molecule has 0 atom stereocenters. The Morgan fingerprint density at radius 1 is 1.07 bits per heavy atom. The van der Waals surface area contributed by atoms with Gasteiger partial charge in [-0.05, 0) is 49.7 Å². The first-order chi connectivity index (χ1) is 13.7. The van der Waals surface area contributed by atoms with Crippen molar-refractivity contribution in [3.05, 3.63) is 53.8 Å². The van der Waals surface area contributed by atoms with Gasteiger partial charge in [-0.25, -0.2) is 12.8 Å². The van der Waals surface area contributed by atoms with Crippen LogP contribution in [0.4, 0.5) is 10.1 Å². The van der Waals surface area contributed by atoms with E-state index in [2.05, 4.69) is 5.32 Å². The predicted octanol–water partition coefficient (Wildman–Crippen LogP) is 2.71. The van der Waals surface area contributed by atoms with Crippen LogP contribution in [0.1, 0.15) is 19.4 Å². The van der Waals surface area contributed by atoms with Gasteiger partial charge in [-0.15, -0.1) is 0 Å². The van der Waals surface area contributed by atoms with E-state index in [0.717, 1.165) is 22.2 Å². The number of sulfonamides is 1. The highest BCUT2D eigenvalue weighted by Crippen LogP contribution is 2.28. The summed E-state index contributed by atoms with van der Waals surface area (Å²) >= 11 is 0. The van der Waals surface area contributed by atoms with Gasteiger partial charge in [0.25, 0.3) is 0 Å². The number of hydrogen-bond donors (Lipinski definition) is 1. The second kappa shape index (κ2) is 10.1. The summed E-state index contributed by atoms with van der Waals surface area (Å²) in [6.07, 6.45) is 0.964. The number of ether oxygens (including phenoxy) is 2. The topological polar surface area (TPSA) is 84.9 Å². The zero-order valence-corrected chi connectivity index (χ0v) is 17.5. The van der Waals surface area contributed by atoms with Crippen LogP contribution in [0, 0.1) is 5.82 Å². The van der Waals surface area contributed by atoms with Crippen LogP contribution in [0.3, 0.4) is 0 Å². The van der Waals surface area contributed by atoms with E-state index in [1.807, 2.05) is 13.8 Å². The third kappa shape index (κ3) is 6.63. The number of hydrogen-bond acceptors (Lipinski definition) is 5. The lowest BCUT2D eigenvalue weighted by Gasteiger charge is -2.22. The lowest BCUT2D eigenvalue weighted by Crippen LogP contribution is -2.40. The van der Waals surface area contributed by atoms with Crippen molar-refractivity contribution >= 4 is 21.6 Å². The molecule has 2 aromatic rings. The predicted molar refractivity (Wildman–Crippen MR) is 109 cm³/mol. The van der Waals surface area contributed by atoms with Gasteiger partial charge in [0.1, 0.15) is 12.4 Å². The highest BCUT2D eigenvalue weighted by molar-refractivity contribution is 7.92. The maximum Gasteiger partial charge on any atom is 0.241 e. The van der Waals surface area contributed by atoms with Gasteiger partial charge in [0.05, 0.1) is 25.2 Å². The molecule has 158 valence electrons. The van der Waals surface area contributed by atoms with E-state index in [0.29, 0.717) is 24.7 Å². The largest absolute Gasteiger partial charge is 0.490 e. The van der Waals surface area contributed by atoms with Crippen molar-refractivity contribution in [3.8, 4) is 11.5 Å². The van der Waals surface area contributed by atoms with Crippen LogP contribution in [0.25, 0.3) is 0 Å². The van der Waals surface area contributed by atoms with Gasteiger partial charge in [-0.3, -0.25) is 9.10 Å². The molecule has 0 saturated carbocycles. The monoisotopic (exact) mass is 424 g/mol. The van der Waals surface area contributed by atoms with Gasteiger partial charge in [0.15, 0.2) is 11.5 Å². The molecule has 0 aromatic heterocycles. The molecule has 0 unspecified atom stereocenters. The minimum Gasteiger partial charge on any atom is -0.490 e. The van der Waals surface area contributed by atoms with E-state index < -0.39 is 28.3 Å². The van der Waals surface area contributed by atoms with Crippen molar-refractivity contribution in [3.63, 3.8) is 0 Å². The Morgan fingerprint density at radius 2 is 1.76 bits per heavy atom. The standard InChI is InChI=1S/C20H25FN2O5S/c1-4-27-18-10-9-15(11-19(18)28-5-2)13-22-20(24)14-23(29(3,25)26)17-8-6-7-16(21)12-17/h6-12H,4-5,13-14H2,1-3H3,(H,22,24). The highest BCUT2D eigenvalue weighted by atomic mass is 32.2. The second-order valence-corrected chi connectivity index (χ2v) is 8.08. The summed E-state index contributed by atoms with van der Waals surface area (Å²) in [7, 11) is -3.77. The number of rotatable bonds is 10. The Hall–Kier alpha value is -2.81. The maximum absolute atomic E-state index is 13.5. The third-order valence-corrected chi connectivity index (χ3v) is 5.02. The minimum absolute atomic E-state index is 0.0855. The normalized spacial score (nSPS) is 11.0. The van der Waals surface area contributed by atoms with E-state index in [1.54, 1.807) is 18.2 Å². The lowest BCUT2D eigenvalue weighted by molar-refractivity contribution is -0.119. The summed E-state index contributed by atoms with van der Waals surface area (Å²) in [6.45, 7) is 4.40. The molecule has 1 amide bonds. The van der Waals surface area contributed by atoms with E-state index in [-0.39, 0.29) is 12.2 Å². The smallest absolute Gasteiger partial charge is 0.241 e. The molecule has 0 radical (unpaired) electrons. The number of nitrogens with one attached hydrogen (secondary N) is 1. The Labute approximate surface area is 170 Å². The van der Waals surface area contributed by atoms with Gasteiger partial charge in [0, 0.05) is 6.54 Å². The molecule has 0 aliphatic carbocycles. The van der Waals surface area contributed by atoms with Crippen LogP contribution in [0.2, 0.25) is 0 Å². The van der Waals surface area contributed by atoms with Gasteiger partial charge < -0.3 is 14.8 Å². The van der Waals surface area contributed by atoms with E-state index in [1.165, 1.54) is 18.2 Å². The van der Waals surface area contributed by atoms with Crippen molar-refractivity contribution in [2.24, 2.45) is 0 Å². The first-order valence-corrected chi connectivity index (χ1v) is 11.0. The molecule has 1 N–H and O–H groups in total. The van der Waals surface area contributed by atoms with E-state index >= 15 is 0 Å². The van der Waals surface area contributed by atoms with Crippen molar-refractivity contribution < 1.29 is 27.1 Å². The van der Waals surface area contributed by atoms with Crippen molar-refractivity contribution in [1.29, 1.82) is 0 Å². The van der Waals surface area contributed by atoms with Crippen molar-refractivity contribution in [2.45, 2.75) is 20.4 Å². The average Bonchev–Trinajstić information content (AvgIpc) is 2.65. The number of amides is 1. The van der Waals surface area contributed by atoms with Crippen LogP contribution < -0.4 is 19.1 Å². The summed E-state index contributed by atoms with van der Waals surface area (Å²) in [4.78, 5) is 12.3. The fourth-order valence-electron chi connectivity index (χ4n) is 2.62. The van der Waals surface area contributed by atoms with Crippen LogP contribution in [0.15, 0.2) is 42.5 Å². The first-order valence-electron chi connectivity index (χ1n) is 9.13. The zero-order valence-electron chi connectivity index (χ0n) is 16.6. The summed E-state index contributed by atoms with van der Waals surface area (Å²) in [5.41, 5.74) is 0.851. The van der Waals surface area contributed by atoms with Crippen molar-refractivity contribution in [2.75, 3.05) is 30.3 Å². The Balaban J connectivity index is 2.08. The summed E-state index contributed by atoms with van der Waals surface area (Å²) < 4.78 is 49.5. The lowest BCUT2D eigenvalue weighted by atomic mass is 10.2. The number of benzene rings is 2. The molecule has 0 saturated heterocycles. The molecule has 7 nitrogen and oxygen atoms in total. The van der Waals surface area contributed by atoms with Gasteiger partial charge in [-0.2, -0.15) is 0 Å². The van der Waals surface area contributed by atoms with Crippen LogP contribution in [-0.4, -0.2) is 40.3 Å². The second-order valence-electron chi connectivity index (χ2n) is 6.17. The van der Waals surface area contributed by atoms with E-state index in [4.69, 9.17) is 9.47 Å². The number of nitrogens with zero attached hydrogens (tertiary/aromatic N) is 1. The zero-order chi connectivity index (χ0) is 21.4. The van der Waals surface area contributed by atoms with Crippen LogP contribution >= 0.6 is 0 Å². The fourth-order valence-corrected chi connectivity index (χ4v) is 3.47. The summed E-state index contributed by atoms with van der Waals surface area (Å²) in [5.74, 6) is 0.0679. The molecule has 2 aromatic carbocycles. The third-order valence-electron chi connectivity index (χ3n) is 3.88.